The smallest absolute Gasteiger partial charge is 0.314 e. The predicted molar refractivity (Wildman–Crippen MR) is 111 cm³/mol. The lowest BCUT2D eigenvalue weighted by molar-refractivity contribution is -0.130. The third kappa shape index (κ3) is 4.37. The zero-order chi connectivity index (χ0) is 20.4. The van der Waals surface area contributed by atoms with E-state index in [1.54, 1.807) is 11.1 Å². The number of nitrogens with two attached hydrogens (primary N) is 1. The number of nitrogens with zero attached hydrogens (tertiary/aromatic N) is 4. The highest BCUT2D eigenvalue weighted by Crippen LogP contribution is 2.24. The van der Waals surface area contributed by atoms with Crippen molar-refractivity contribution >= 4 is 22.8 Å². The number of rotatable bonds is 4. The van der Waals surface area contributed by atoms with Crippen molar-refractivity contribution in [3.05, 3.63) is 36.4 Å². The van der Waals surface area contributed by atoms with E-state index < -0.39 is 0 Å². The highest BCUT2D eigenvalue weighted by atomic mass is 16.2. The molecule has 8 heteroatoms. The average Bonchev–Trinajstić information content (AvgIpc) is 3.21. The van der Waals surface area contributed by atoms with Crippen LogP contribution in [0.25, 0.3) is 10.9 Å². The van der Waals surface area contributed by atoms with Crippen molar-refractivity contribution < 1.29 is 9.59 Å². The summed E-state index contributed by atoms with van der Waals surface area (Å²) in [5, 5.41) is 8.07. The van der Waals surface area contributed by atoms with Gasteiger partial charge in [-0.15, -0.1) is 0 Å². The number of hydrogen-bond acceptors (Lipinski definition) is 4. The van der Waals surface area contributed by atoms with Crippen molar-refractivity contribution in [1.29, 1.82) is 0 Å². The van der Waals surface area contributed by atoms with E-state index in [2.05, 4.69) is 28.1 Å². The molecule has 1 atom stereocenters. The molecule has 0 bridgehead atoms. The minimum absolute atomic E-state index is 0.0537. The Morgan fingerprint density at radius 1 is 1.14 bits per heavy atom. The number of carbonyl (C=O) groups excluding carboxylic acids is 2. The van der Waals surface area contributed by atoms with E-state index in [0.717, 1.165) is 68.6 Å². The van der Waals surface area contributed by atoms with Crippen molar-refractivity contribution in [2.45, 2.75) is 31.7 Å². The van der Waals surface area contributed by atoms with Crippen LogP contribution in [0.2, 0.25) is 0 Å². The lowest BCUT2D eigenvalue weighted by atomic mass is 9.96. The van der Waals surface area contributed by atoms with Crippen molar-refractivity contribution in [3.8, 4) is 0 Å². The molecule has 4 rings (SSSR count). The van der Waals surface area contributed by atoms with Gasteiger partial charge < -0.3 is 15.5 Å². The lowest BCUT2D eigenvalue weighted by Crippen LogP contribution is -2.55. The van der Waals surface area contributed by atoms with Crippen LogP contribution in [-0.4, -0.2) is 82.1 Å². The Balaban J connectivity index is 1.26. The molecule has 1 unspecified atom stereocenters. The summed E-state index contributed by atoms with van der Waals surface area (Å²) in [6, 6.07) is 6.30. The summed E-state index contributed by atoms with van der Waals surface area (Å²) in [5.74, 6) is 0.158. The molecule has 2 fully saturated rings. The van der Waals surface area contributed by atoms with Gasteiger partial charge in [0.05, 0.1) is 18.1 Å². The first-order valence-corrected chi connectivity index (χ1v) is 10.4. The van der Waals surface area contributed by atoms with E-state index in [9.17, 15) is 9.59 Å². The fraction of sp³-hybridized carbons (Fsp3) is 0.524. The number of nitrogens with one attached hydrogen (secondary N) is 1. The van der Waals surface area contributed by atoms with Gasteiger partial charge in [-0.25, -0.2) is 4.79 Å². The fourth-order valence-electron chi connectivity index (χ4n) is 4.42. The second kappa shape index (κ2) is 8.41. The summed E-state index contributed by atoms with van der Waals surface area (Å²) in [4.78, 5) is 30.2. The van der Waals surface area contributed by atoms with Crippen molar-refractivity contribution in [1.82, 2.24) is 24.9 Å². The molecule has 3 amide bonds. The number of carbonyl (C=O) groups is 2. The van der Waals surface area contributed by atoms with Gasteiger partial charge in [0.1, 0.15) is 0 Å². The molecule has 0 aliphatic carbocycles. The summed E-state index contributed by atoms with van der Waals surface area (Å²) in [6.45, 7) is 6.78. The number of likely N-dealkylation sites (tertiary alicyclic amines) is 1. The highest BCUT2D eigenvalue weighted by Gasteiger charge is 2.30. The Hall–Kier alpha value is -2.61. The van der Waals surface area contributed by atoms with Gasteiger partial charge in [0, 0.05) is 50.7 Å². The van der Waals surface area contributed by atoms with Crippen molar-refractivity contribution in [2.75, 3.05) is 39.3 Å². The van der Waals surface area contributed by atoms with Gasteiger partial charge in [-0.3, -0.25) is 14.8 Å². The number of hydrogen-bond donors (Lipinski definition) is 2. The summed E-state index contributed by atoms with van der Waals surface area (Å²) in [7, 11) is 0. The standard InChI is InChI=1S/C21H29N6O2/c1-15(16-2-3-19-17(13-16)14-23-24-19)12-20(28)26-10-8-25(9-11-26)18-4-6-27(7-5-18)21(22)29/h2-3,12-15,18H,4-11H2,1H3,(H2,22,29)(H,23,24). The molecule has 0 spiro atoms. The minimum Gasteiger partial charge on any atom is -0.351 e. The third-order valence-electron chi connectivity index (χ3n) is 6.30. The number of urea groups is 1. The zero-order valence-corrected chi connectivity index (χ0v) is 16.9. The molecule has 1 aromatic heterocycles. The maximum absolute atomic E-state index is 12.8. The molecule has 2 aromatic rings. The molecule has 0 saturated carbocycles. The number of amides is 3. The fourth-order valence-corrected chi connectivity index (χ4v) is 4.42. The molecular formula is C21H29N6O2. The second-order valence-corrected chi connectivity index (χ2v) is 8.09. The van der Waals surface area contributed by atoms with E-state index in [4.69, 9.17) is 5.73 Å². The van der Waals surface area contributed by atoms with Crippen LogP contribution in [0.3, 0.4) is 0 Å². The van der Waals surface area contributed by atoms with Crippen LogP contribution >= 0.6 is 0 Å². The monoisotopic (exact) mass is 397 g/mol. The van der Waals surface area contributed by atoms with E-state index >= 15 is 0 Å². The lowest BCUT2D eigenvalue weighted by Gasteiger charge is -2.42. The molecule has 3 heterocycles. The average molecular weight is 398 g/mol. The minimum atomic E-state index is -0.324. The molecule has 1 radical (unpaired) electrons. The Labute approximate surface area is 171 Å². The maximum Gasteiger partial charge on any atom is 0.314 e. The van der Waals surface area contributed by atoms with Gasteiger partial charge in [-0.1, -0.05) is 13.0 Å². The molecule has 2 aliphatic heterocycles. The quantitative estimate of drug-likeness (QED) is 0.818. The SMILES string of the molecule is CC([CH]C(=O)N1CCN(C2CCN(C(N)=O)CC2)CC1)c1ccc2[nH]ncc2c1. The normalized spacial score (nSPS) is 20.2. The molecule has 8 nitrogen and oxygen atoms in total. The van der Waals surface area contributed by atoms with Crippen LogP contribution in [0.5, 0.6) is 0 Å². The molecule has 2 saturated heterocycles. The molecule has 29 heavy (non-hydrogen) atoms. The number of piperidine rings is 1. The first kappa shape index (κ1) is 19.7. The van der Waals surface area contributed by atoms with E-state index in [1.807, 2.05) is 23.5 Å². The number of H-pyrrole nitrogens is 1. The Kier molecular flexibility index (Phi) is 5.71. The van der Waals surface area contributed by atoms with E-state index in [-0.39, 0.29) is 17.9 Å². The number of aromatic nitrogens is 2. The summed E-state index contributed by atoms with van der Waals surface area (Å²) in [5.41, 5.74) is 7.49. The predicted octanol–water partition coefficient (Wildman–Crippen LogP) is 1.56. The molecular weight excluding hydrogens is 368 g/mol. The molecule has 3 N–H and O–H groups in total. The van der Waals surface area contributed by atoms with Crippen LogP contribution in [0.1, 0.15) is 31.2 Å². The summed E-state index contributed by atoms with van der Waals surface area (Å²) >= 11 is 0. The first-order chi connectivity index (χ1) is 14.0. The van der Waals surface area contributed by atoms with Crippen molar-refractivity contribution in [2.24, 2.45) is 5.73 Å². The van der Waals surface area contributed by atoms with Crippen LogP contribution in [0.4, 0.5) is 4.79 Å². The van der Waals surface area contributed by atoms with Gasteiger partial charge in [0.25, 0.3) is 0 Å². The second-order valence-electron chi connectivity index (χ2n) is 8.09. The number of fused-ring (bicyclic) bond motifs is 1. The number of primary amides is 1. The van der Waals surface area contributed by atoms with Crippen LogP contribution in [0.15, 0.2) is 24.4 Å². The van der Waals surface area contributed by atoms with Gasteiger partial charge in [-0.05, 0) is 36.5 Å². The molecule has 155 valence electrons. The zero-order valence-electron chi connectivity index (χ0n) is 16.9. The molecule has 1 aromatic carbocycles. The largest absolute Gasteiger partial charge is 0.351 e. The summed E-state index contributed by atoms with van der Waals surface area (Å²) < 4.78 is 0. The van der Waals surface area contributed by atoms with E-state index in [0.29, 0.717) is 6.04 Å². The van der Waals surface area contributed by atoms with Gasteiger partial charge in [-0.2, -0.15) is 5.10 Å². The van der Waals surface area contributed by atoms with Gasteiger partial charge in [0.15, 0.2) is 0 Å². The highest BCUT2D eigenvalue weighted by molar-refractivity contribution is 5.86. The first-order valence-electron chi connectivity index (χ1n) is 10.4. The maximum atomic E-state index is 12.8. The van der Waals surface area contributed by atoms with Crippen LogP contribution in [0, 0.1) is 6.42 Å². The van der Waals surface area contributed by atoms with E-state index in [1.165, 1.54) is 0 Å². The summed E-state index contributed by atoms with van der Waals surface area (Å²) in [6.07, 6.45) is 5.54. The molecule has 2 aliphatic rings. The van der Waals surface area contributed by atoms with Gasteiger partial charge in [0.2, 0.25) is 5.91 Å². The van der Waals surface area contributed by atoms with Crippen molar-refractivity contribution in [3.63, 3.8) is 0 Å². The Morgan fingerprint density at radius 2 is 1.86 bits per heavy atom. The number of aromatic amines is 1. The topological polar surface area (TPSA) is 98.6 Å². The van der Waals surface area contributed by atoms with Crippen LogP contribution < -0.4 is 5.73 Å². The Bertz CT molecular complexity index is 865. The van der Waals surface area contributed by atoms with Crippen LogP contribution in [-0.2, 0) is 4.79 Å². The van der Waals surface area contributed by atoms with Gasteiger partial charge >= 0.3 is 6.03 Å². The Morgan fingerprint density at radius 3 is 2.55 bits per heavy atom. The number of piperazine rings is 1. The number of benzene rings is 1. The third-order valence-corrected chi connectivity index (χ3v) is 6.30.